The molecule has 0 fully saturated rings. The van der Waals surface area contributed by atoms with Gasteiger partial charge in [0.2, 0.25) is 23.6 Å². The van der Waals surface area contributed by atoms with Gasteiger partial charge < -0.3 is 33.2 Å². The van der Waals surface area contributed by atoms with Crippen LogP contribution in [0.5, 0.6) is 0 Å². The molecule has 1 aromatic rings. The third-order valence-corrected chi connectivity index (χ3v) is 4.92. The van der Waals surface area contributed by atoms with E-state index in [2.05, 4.69) is 20.9 Å². The van der Waals surface area contributed by atoms with Crippen LogP contribution in [0.2, 0.25) is 0 Å². The van der Waals surface area contributed by atoms with Gasteiger partial charge >= 0.3 is 0 Å². The molecule has 188 valence electrons. The summed E-state index contributed by atoms with van der Waals surface area (Å²) < 4.78 is 0. The summed E-state index contributed by atoms with van der Waals surface area (Å²) in [4.78, 5) is 53.4. The molecule has 0 aliphatic rings. The molecule has 0 unspecified atom stereocenters. The van der Waals surface area contributed by atoms with Crippen LogP contribution in [-0.2, 0) is 25.6 Å². The second-order valence-corrected chi connectivity index (χ2v) is 8.55. The van der Waals surface area contributed by atoms with Crippen molar-refractivity contribution in [1.82, 2.24) is 16.0 Å². The average Bonchev–Trinajstić information content (AvgIpc) is 2.74. The van der Waals surface area contributed by atoms with Gasteiger partial charge in [0.1, 0.15) is 18.1 Å². The quantitative estimate of drug-likeness (QED) is 0.117. The van der Waals surface area contributed by atoms with E-state index < -0.39 is 35.8 Å². The lowest BCUT2D eigenvalue weighted by atomic mass is 10.0. The van der Waals surface area contributed by atoms with Crippen molar-refractivity contribution < 1.29 is 19.2 Å². The lowest BCUT2D eigenvalue weighted by Gasteiger charge is -2.25. The van der Waals surface area contributed by atoms with Crippen molar-refractivity contribution >= 4 is 29.6 Å². The van der Waals surface area contributed by atoms with Crippen LogP contribution in [0.25, 0.3) is 0 Å². The highest BCUT2D eigenvalue weighted by atomic mass is 16.2. The van der Waals surface area contributed by atoms with Crippen molar-refractivity contribution in [3.63, 3.8) is 0 Å². The molecule has 4 amide bonds. The number of rotatable bonds is 14. The maximum Gasteiger partial charge on any atom is 0.243 e. The molecule has 3 atom stereocenters. The van der Waals surface area contributed by atoms with Crippen molar-refractivity contribution in [1.29, 1.82) is 0 Å². The molecule has 0 bridgehead atoms. The van der Waals surface area contributed by atoms with Gasteiger partial charge in [0, 0.05) is 19.9 Å². The van der Waals surface area contributed by atoms with Gasteiger partial charge in [0.15, 0.2) is 5.96 Å². The third kappa shape index (κ3) is 11.3. The van der Waals surface area contributed by atoms with Crippen LogP contribution in [0.15, 0.2) is 35.3 Å². The Morgan fingerprint density at radius 2 is 1.47 bits per heavy atom. The standard InChI is InChI=1S/C23H37N7O4/c1-14(2)12-18(28-15(3)31)21(33)30-19(13-16-8-5-4-6-9-16)22(34)29-17(20(24)32)10-7-11-27-23(25)26/h4-6,8-9,14,17-19H,7,10-13H2,1-3H3,(H2,24,32)(H,28,31)(H,29,34)(H,30,33)(H4,25,26,27)/t17-,18+,19+/m1/s1. The second-order valence-electron chi connectivity index (χ2n) is 8.55. The number of nitrogens with one attached hydrogen (secondary N) is 3. The van der Waals surface area contributed by atoms with Crippen molar-refractivity contribution in [2.45, 2.75) is 64.6 Å². The molecule has 1 aromatic carbocycles. The summed E-state index contributed by atoms with van der Waals surface area (Å²) in [5.74, 6) is -2.04. The van der Waals surface area contributed by atoms with E-state index in [0.717, 1.165) is 5.56 Å². The highest BCUT2D eigenvalue weighted by Gasteiger charge is 2.29. The predicted molar refractivity (Wildman–Crippen MR) is 130 cm³/mol. The third-order valence-electron chi connectivity index (χ3n) is 4.92. The Morgan fingerprint density at radius 1 is 0.882 bits per heavy atom. The number of aliphatic imine (C=N–C) groups is 1. The number of hydrogen-bond acceptors (Lipinski definition) is 5. The maximum atomic E-state index is 13.1. The van der Waals surface area contributed by atoms with Gasteiger partial charge in [0.25, 0.3) is 0 Å². The predicted octanol–water partition coefficient (Wildman–Crippen LogP) is -0.712. The Balaban J connectivity index is 3.01. The van der Waals surface area contributed by atoms with Gasteiger partial charge in [-0.3, -0.25) is 24.2 Å². The minimum absolute atomic E-state index is 0.0691. The Labute approximate surface area is 200 Å². The van der Waals surface area contributed by atoms with E-state index in [1.165, 1.54) is 6.92 Å². The lowest BCUT2D eigenvalue weighted by molar-refractivity contribution is -0.133. The molecule has 0 radical (unpaired) electrons. The molecule has 0 spiro atoms. The maximum absolute atomic E-state index is 13.1. The van der Waals surface area contributed by atoms with Gasteiger partial charge in [-0.25, -0.2) is 0 Å². The first-order valence-corrected chi connectivity index (χ1v) is 11.3. The van der Waals surface area contributed by atoms with Crippen molar-refractivity contribution in [2.24, 2.45) is 28.1 Å². The fourth-order valence-electron chi connectivity index (χ4n) is 3.34. The normalized spacial score (nSPS) is 13.3. The van der Waals surface area contributed by atoms with Crippen molar-refractivity contribution in [3.05, 3.63) is 35.9 Å². The molecule has 34 heavy (non-hydrogen) atoms. The number of nitrogens with two attached hydrogens (primary N) is 3. The molecule has 0 aliphatic heterocycles. The van der Waals surface area contributed by atoms with Crippen LogP contribution < -0.4 is 33.2 Å². The van der Waals surface area contributed by atoms with E-state index in [4.69, 9.17) is 17.2 Å². The molecule has 0 saturated heterocycles. The number of primary amides is 1. The monoisotopic (exact) mass is 475 g/mol. The number of guanidine groups is 1. The summed E-state index contributed by atoms with van der Waals surface area (Å²) in [5.41, 5.74) is 16.9. The zero-order valence-electron chi connectivity index (χ0n) is 20.0. The first-order chi connectivity index (χ1) is 16.0. The zero-order valence-corrected chi connectivity index (χ0v) is 20.0. The Bertz CT molecular complexity index is 854. The Kier molecular flexibility index (Phi) is 12.1. The van der Waals surface area contributed by atoms with Crippen molar-refractivity contribution in [2.75, 3.05) is 6.54 Å². The minimum atomic E-state index is -0.988. The lowest BCUT2D eigenvalue weighted by Crippen LogP contribution is -2.57. The van der Waals surface area contributed by atoms with E-state index >= 15 is 0 Å². The number of carbonyl (C=O) groups is 4. The van der Waals surface area contributed by atoms with Crippen LogP contribution >= 0.6 is 0 Å². The molecule has 0 saturated carbocycles. The fraction of sp³-hybridized carbons (Fsp3) is 0.522. The van der Waals surface area contributed by atoms with Crippen LogP contribution in [0.4, 0.5) is 0 Å². The van der Waals surface area contributed by atoms with Crippen LogP contribution in [0.1, 0.15) is 45.6 Å². The van der Waals surface area contributed by atoms with Gasteiger partial charge in [-0.15, -0.1) is 0 Å². The summed E-state index contributed by atoms with van der Waals surface area (Å²) in [5, 5.41) is 7.99. The number of hydrogen-bond donors (Lipinski definition) is 6. The van der Waals surface area contributed by atoms with E-state index in [9.17, 15) is 19.2 Å². The van der Waals surface area contributed by atoms with E-state index in [1.807, 2.05) is 44.2 Å². The van der Waals surface area contributed by atoms with Gasteiger partial charge in [-0.2, -0.15) is 0 Å². The summed E-state index contributed by atoms with van der Waals surface area (Å²) >= 11 is 0. The highest BCUT2D eigenvalue weighted by molar-refractivity contribution is 5.94. The van der Waals surface area contributed by atoms with Gasteiger partial charge in [-0.1, -0.05) is 44.2 Å². The molecular formula is C23H37N7O4. The molecule has 1 rings (SSSR count). The van der Waals surface area contributed by atoms with E-state index in [1.54, 1.807) is 0 Å². The summed E-state index contributed by atoms with van der Waals surface area (Å²) in [7, 11) is 0. The first-order valence-electron chi connectivity index (χ1n) is 11.3. The molecule has 11 heteroatoms. The molecule has 11 nitrogen and oxygen atoms in total. The minimum Gasteiger partial charge on any atom is -0.370 e. The summed E-state index contributed by atoms with van der Waals surface area (Å²) in [6, 6.07) is 6.39. The van der Waals surface area contributed by atoms with Crippen LogP contribution in [0.3, 0.4) is 0 Å². The second kappa shape index (κ2) is 14.5. The fourth-order valence-corrected chi connectivity index (χ4v) is 3.34. The first kappa shape index (κ1) is 28.4. The van der Waals surface area contributed by atoms with Crippen LogP contribution in [-0.4, -0.2) is 54.3 Å². The van der Waals surface area contributed by atoms with Gasteiger partial charge in [-0.05, 0) is 30.7 Å². The van der Waals surface area contributed by atoms with Crippen molar-refractivity contribution in [3.8, 4) is 0 Å². The van der Waals surface area contributed by atoms with Crippen LogP contribution in [0, 0.1) is 5.92 Å². The molecule has 0 aliphatic carbocycles. The zero-order chi connectivity index (χ0) is 25.7. The molecule has 9 N–H and O–H groups in total. The average molecular weight is 476 g/mol. The number of benzene rings is 1. The SMILES string of the molecule is CC(=O)N[C@@H](CC(C)C)C(=O)N[C@@H](Cc1ccccc1)C(=O)N[C@H](CCCN=C(N)N)C(N)=O. The highest BCUT2D eigenvalue weighted by Crippen LogP contribution is 2.09. The summed E-state index contributed by atoms with van der Waals surface area (Å²) in [6.07, 6.45) is 1.23. The number of carbonyl (C=O) groups excluding carboxylic acids is 4. The number of nitrogens with zero attached hydrogens (tertiary/aromatic N) is 1. The molecule has 0 heterocycles. The summed E-state index contributed by atoms with van der Waals surface area (Å²) in [6.45, 7) is 5.46. The van der Waals surface area contributed by atoms with E-state index in [-0.39, 0.29) is 37.2 Å². The van der Waals surface area contributed by atoms with Gasteiger partial charge in [0.05, 0.1) is 0 Å². The molecular weight excluding hydrogens is 438 g/mol. The largest absolute Gasteiger partial charge is 0.370 e. The smallest absolute Gasteiger partial charge is 0.243 e. The Hall–Kier alpha value is -3.63. The Morgan fingerprint density at radius 3 is 2.00 bits per heavy atom. The van der Waals surface area contributed by atoms with E-state index in [0.29, 0.717) is 12.8 Å². The molecule has 0 aromatic heterocycles. The number of amides is 4. The topological polar surface area (TPSA) is 195 Å².